The van der Waals surface area contributed by atoms with Crippen LogP contribution in [0.5, 0.6) is 0 Å². The van der Waals surface area contributed by atoms with Crippen LogP contribution in [0.1, 0.15) is 26.3 Å². The first kappa shape index (κ1) is 16.6. The predicted molar refractivity (Wildman–Crippen MR) is 83.0 cm³/mol. The van der Waals surface area contributed by atoms with Crippen LogP contribution in [0.25, 0.3) is 0 Å². The Hall–Kier alpha value is -1.75. The van der Waals surface area contributed by atoms with E-state index in [4.69, 9.17) is 16.3 Å². The number of aliphatic carboxylic acids is 1. The summed E-state index contributed by atoms with van der Waals surface area (Å²) in [6.45, 7) is 5.65. The molecule has 0 aromatic heterocycles. The molecule has 1 aromatic carbocycles. The maximum absolute atomic E-state index is 11.9. The molecule has 1 N–H and O–H groups in total. The van der Waals surface area contributed by atoms with E-state index in [1.807, 2.05) is 12.1 Å². The monoisotopic (exact) mass is 325 g/mol. The van der Waals surface area contributed by atoms with Gasteiger partial charge in [-0.05, 0) is 44.9 Å². The molecule has 0 spiro atoms. The zero-order valence-electron chi connectivity index (χ0n) is 12.9. The Labute approximate surface area is 134 Å². The fourth-order valence-electron chi connectivity index (χ4n) is 2.46. The SMILES string of the molecule is CC(C)(C)OC(=O)N1CC(Cc2ccc(Cl)cc2)(C(=O)O)C1. The third-order valence-corrected chi connectivity index (χ3v) is 3.80. The summed E-state index contributed by atoms with van der Waals surface area (Å²) in [6.07, 6.45) is -0.112. The summed E-state index contributed by atoms with van der Waals surface area (Å²) < 4.78 is 5.26. The van der Waals surface area contributed by atoms with Gasteiger partial charge in [0, 0.05) is 18.1 Å². The second-order valence-electron chi connectivity index (χ2n) is 6.73. The minimum absolute atomic E-state index is 0.153. The number of carbonyl (C=O) groups is 2. The van der Waals surface area contributed by atoms with Crippen LogP contribution < -0.4 is 0 Å². The summed E-state index contributed by atoms with van der Waals surface area (Å²) in [7, 11) is 0. The minimum atomic E-state index is -0.954. The molecule has 1 heterocycles. The molecule has 1 fully saturated rings. The molecule has 0 saturated carbocycles. The van der Waals surface area contributed by atoms with Gasteiger partial charge in [-0.2, -0.15) is 0 Å². The molecule has 1 aromatic rings. The van der Waals surface area contributed by atoms with Gasteiger partial charge in [-0.15, -0.1) is 0 Å². The van der Waals surface area contributed by atoms with Gasteiger partial charge in [-0.25, -0.2) is 4.79 Å². The van der Waals surface area contributed by atoms with E-state index in [2.05, 4.69) is 0 Å². The van der Waals surface area contributed by atoms with E-state index in [1.54, 1.807) is 32.9 Å². The quantitative estimate of drug-likeness (QED) is 0.926. The van der Waals surface area contributed by atoms with Crippen LogP contribution in [0.4, 0.5) is 4.79 Å². The Bertz CT molecular complexity index is 571. The number of amides is 1. The highest BCUT2D eigenvalue weighted by molar-refractivity contribution is 6.30. The van der Waals surface area contributed by atoms with E-state index in [0.717, 1.165) is 5.56 Å². The van der Waals surface area contributed by atoms with E-state index in [9.17, 15) is 14.7 Å². The van der Waals surface area contributed by atoms with Crippen molar-refractivity contribution in [2.24, 2.45) is 5.41 Å². The first-order valence-corrected chi connectivity index (χ1v) is 7.45. The maximum atomic E-state index is 11.9. The largest absolute Gasteiger partial charge is 0.481 e. The number of ether oxygens (including phenoxy) is 1. The number of rotatable bonds is 3. The highest BCUT2D eigenvalue weighted by Crippen LogP contribution is 2.35. The number of nitrogens with zero attached hydrogens (tertiary/aromatic N) is 1. The van der Waals surface area contributed by atoms with Gasteiger partial charge in [0.25, 0.3) is 0 Å². The van der Waals surface area contributed by atoms with Crippen LogP contribution >= 0.6 is 11.6 Å². The molecule has 1 amide bonds. The molecule has 2 rings (SSSR count). The number of halogens is 1. The van der Waals surface area contributed by atoms with Gasteiger partial charge >= 0.3 is 12.1 Å². The Morgan fingerprint density at radius 3 is 2.27 bits per heavy atom. The number of carboxylic acid groups (broad SMARTS) is 1. The van der Waals surface area contributed by atoms with Gasteiger partial charge in [0.05, 0.1) is 0 Å². The molecule has 0 atom stereocenters. The van der Waals surface area contributed by atoms with E-state index in [1.165, 1.54) is 4.90 Å². The molecule has 0 radical (unpaired) electrons. The molecule has 0 aliphatic carbocycles. The zero-order chi connectivity index (χ0) is 16.5. The smallest absolute Gasteiger partial charge is 0.410 e. The lowest BCUT2D eigenvalue weighted by atomic mass is 9.75. The van der Waals surface area contributed by atoms with E-state index >= 15 is 0 Å². The number of carboxylic acids is 1. The highest BCUT2D eigenvalue weighted by atomic mass is 35.5. The van der Waals surface area contributed by atoms with Gasteiger partial charge in [-0.1, -0.05) is 23.7 Å². The normalized spacial score (nSPS) is 16.8. The highest BCUT2D eigenvalue weighted by Gasteiger charge is 2.52. The van der Waals surface area contributed by atoms with Crippen molar-refractivity contribution in [3.8, 4) is 0 Å². The van der Waals surface area contributed by atoms with Crippen molar-refractivity contribution in [2.45, 2.75) is 32.8 Å². The second-order valence-corrected chi connectivity index (χ2v) is 7.16. The summed E-state index contributed by atoms with van der Waals surface area (Å²) in [5, 5.41) is 10.1. The van der Waals surface area contributed by atoms with Crippen LogP contribution in [0.15, 0.2) is 24.3 Å². The predicted octanol–water partition coefficient (Wildman–Crippen LogP) is 3.20. The van der Waals surface area contributed by atoms with E-state index in [0.29, 0.717) is 11.4 Å². The Kier molecular flexibility index (Phi) is 4.38. The minimum Gasteiger partial charge on any atom is -0.481 e. The standard InChI is InChI=1S/C16H20ClNO4/c1-15(2,3)22-14(21)18-9-16(10-18,13(19)20)8-11-4-6-12(17)7-5-11/h4-7H,8-10H2,1-3H3,(H,19,20). The summed E-state index contributed by atoms with van der Waals surface area (Å²) in [6, 6.07) is 7.08. The van der Waals surface area contributed by atoms with Gasteiger partial charge in [0.2, 0.25) is 0 Å². The zero-order valence-corrected chi connectivity index (χ0v) is 13.7. The molecule has 6 heteroatoms. The molecule has 1 aliphatic heterocycles. The van der Waals surface area contributed by atoms with Crippen LogP contribution in [0.3, 0.4) is 0 Å². The molecular formula is C16H20ClNO4. The number of hydrogen-bond donors (Lipinski definition) is 1. The van der Waals surface area contributed by atoms with Crippen molar-refractivity contribution < 1.29 is 19.4 Å². The van der Waals surface area contributed by atoms with Gasteiger partial charge in [-0.3, -0.25) is 4.79 Å². The van der Waals surface area contributed by atoms with Gasteiger partial charge in [0.15, 0.2) is 0 Å². The fraction of sp³-hybridized carbons (Fsp3) is 0.500. The Morgan fingerprint density at radius 2 is 1.82 bits per heavy atom. The Balaban J connectivity index is 2.03. The van der Waals surface area contributed by atoms with Crippen molar-refractivity contribution in [3.63, 3.8) is 0 Å². The van der Waals surface area contributed by atoms with Crippen molar-refractivity contribution in [1.29, 1.82) is 0 Å². The summed E-state index contributed by atoms with van der Waals surface area (Å²) in [5.74, 6) is -0.901. The van der Waals surface area contributed by atoms with Crippen LogP contribution in [-0.2, 0) is 16.0 Å². The van der Waals surface area contributed by atoms with Crippen molar-refractivity contribution in [2.75, 3.05) is 13.1 Å². The second kappa shape index (κ2) is 5.80. The number of hydrogen-bond acceptors (Lipinski definition) is 3. The average Bonchev–Trinajstić information content (AvgIpc) is 2.32. The molecule has 0 unspecified atom stereocenters. The number of carbonyl (C=O) groups excluding carboxylic acids is 1. The summed E-state index contributed by atoms with van der Waals surface area (Å²) >= 11 is 5.83. The number of likely N-dealkylation sites (tertiary alicyclic amines) is 1. The first-order chi connectivity index (χ1) is 10.1. The molecule has 5 nitrogen and oxygen atoms in total. The molecule has 1 aliphatic rings. The molecule has 1 saturated heterocycles. The van der Waals surface area contributed by atoms with Crippen LogP contribution in [0.2, 0.25) is 5.02 Å². The lowest BCUT2D eigenvalue weighted by Crippen LogP contribution is -2.63. The molecule has 0 bridgehead atoms. The Morgan fingerprint density at radius 1 is 1.27 bits per heavy atom. The van der Waals surface area contributed by atoms with E-state index < -0.39 is 23.1 Å². The van der Waals surface area contributed by atoms with Crippen molar-refractivity contribution >= 4 is 23.7 Å². The maximum Gasteiger partial charge on any atom is 0.410 e. The summed E-state index contributed by atoms with van der Waals surface area (Å²) in [4.78, 5) is 25.0. The van der Waals surface area contributed by atoms with Crippen LogP contribution in [0, 0.1) is 5.41 Å². The average molecular weight is 326 g/mol. The molecule has 120 valence electrons. The van der Waals surface area contributed by atoms with Crippen LogP contribution in [-0.4, -0.2) is 40.8 Å². The van der Waals surface area contributed by atoms with E-state index in [-0.39, 0.29) is 13.1 Å². The topological polar surface area (TPSA) is 66.8 Å². The molecule has 22 heavy (non-hydrogen) atoms. The third kappa shape index (κ3) is 3.71. The molecular weight excluding hydrogens is 306 g/mol. The summed E-state index contributed by atoms with van der Waals surface area (Å²) in [5.41, 5.74) is -0.657. The number of benzene rings is 1. The fourth-order valence-corrected chi connectivity index (χ4v) is 2.58. The van der Waals surface area contributed by atoms with Gasteiger partial charge < -0.3 is 14.7 Å². The van der Waals surface area contributed by atoms with Crippen molar-refractivity contribution in [3.05, 3.63) is 34.9 Å². The lowest BCUT2D eigenvalue weighted by molar-refractivity contribution is -0.159. The third-order valence-electron chi connectivity index (χ3n) is 3.55. The first-order valence-electron chi connectivity index (χ1n) is 7.07. The van der Waals surface area contributed by atoms with Gasteiger partial charge in [0.1, 0.15) is 11.0 Å². The van der Waals surface area contributed by atoms with Crippen molar-refractivity contribution in [1.82, 2.24) is 4.90 Å². The lowest BCUT2D eigenvalue weighted by Gasteiger charge is -2.47.